The fourth-order valence-corrected chi connectivity index (χ4v) is 2.81. The summed E-state index contributed by atoms with van der Waals surface area (Å²) >= 11 is 0. The third-order valence-electron chi connectivity index (χ3n) is 4.13. The van der Waals surface area contributed by atoms with Crippen molar-refractivity contribution < 1.29 is 4.39 Å². The molecule has 0 aliphatic heterocycles. The predicted molar refractivity (Wildman–Crippen MR) is 100 cm³/mol. The zero-order valence-electron chi connectivity index (χ0n) is 14.1. The van der Waals surface area contributed by atoms with Crippen molar-refractivity contribution >= 4 is 11.5 Å². The average molecular weight is 334 g/mol. The molecule has 1 aromatic heterocycles. The van der Waals surface area contributed by atoms with E-state index in [0.717, 1.165) is 28.1 Å². The van der Waals surface area contributed by atoms with Gasteiger partial charge in [-0.15, -0.1) is 0 Å². The minimum Gasteiger partial charge on any atom is -0.388 e. The fraction of sp³-hybridized carbons (Fsp3) is 0.100. The maximum Gasteiger partial charge on any atom is 0.126 e. The molecule has 0 radical (unpaired) electrons. The quantitative estimate of drug-likeness (QED) is 0.495. The van der Waals surface area contributed by atoms with Crippen LogP contribution in [-0.2, 0) is 0 Å². The molecule has 3 rings (SSSR count). The van der Waals surface area contributed by atoms with Gasteiger partial charge in [0.05, 0.1) is 5.69 Å². The van der Waals surface area contributed by atoms with Crippen LogP contribution < -0.4 is 11.1 Å². The van der Waals surface area contributed by atoms with Gasteiger partial charge in [0, 0.05) is 35.6 Å². The SMILES string of the molecule is CNc1ccc(-c2cccnc2-c2ccc(F)c(C)c2)cc1C(=N)N. The number of amidine groups is 1. The number of aryl methyl sites for hydroxylation is 1. The molecule has 0 fully saturated rings. The molecule has 4 N–H and O–H groups in total. The molecular weight excluding hydrogens is 315 g/mol. The third-order valence-corrected chi connectivity index (χ3v) is 4.13. The summed E-state index contributed by atoms with van der Waals surface area (Å²) in [6, 6.07) is 14.5. The van der Waals surface area contributed by atoms with Crippen molar-refractivity contribution in [2.24, 2.45) is 5.73 Å². The Morgan fingerprint density at radius 1 is 1.12 bits per heavy atom. The van der Waals surface area contributed by atoms with Crippen LogP contribution >= 0.6 is 0 Å². The fourth-order valence-electron chi connectivity index (χ4n) is 2.81. The number of halogens is 1. The molecule has 3 aromatic rings. The molecule has 4 nitrogen and oxygen atoms in total. The zero-order valence-corrected chi connectivity index (χ0v) is 14.1. The highest BCUT2D eigenvalue weighted by atomic mass is 19.1. The molecule has 0 saturated carbocycles. The Morgan fingerprint density at radius 3 is 2.56 bits per heavy atom. The molecule has 126 valence electrons. The lowest BCUT2D eigenvalue weighted by molar-refractivity contribution is 0.619. The van der Waals surface area contributed by atoms with Gasteiger partial charge >= 0.3 is 0 Å². The van der Waals surface area contributed by atoms with Gasteiger partial charge in [-0.05, 0) is 54.4 Å². The van der Waals surface area contributed by atoms with E-state index in [9.17, 15) is 4.39 Å². The summed E-state index contributed by atoms with van der Waals surface area (Å²) in [6.45, 7) is 1.73. The van der Waals surface area contributed by atoms with E-state index in [1.807, 2.05) is 30.3 Å². The molecule has 0 amide bonds. The van der Waals surface area contributed by atoms with Crippen LogP contribution in [0.3, 0.4) is 0 Å². The number of benzene rings is 2. The normalized spacial score (nSPS) is 10.5. The second-order valence-corrected chi connectivity index (χ2v) is 5.79. The molecule has 25 heavy (non-hydrogen) atoms. The van der Waals surface area contributed by atoms with Crippen LogP contribution in [0, 0.1) is 18.2 Å². The largest absolute Gasteiger partial charge is 0.388 e. The number of nitrogens with one attached hydrogen (secondary N) is 2. The first-order valence-electron chi connectivity index (χ1n) is 7.89. The molecule has 0 aliphatic rings. The number of nitrogens with zero attached hydrogens (tertiary/aromatic N) is 1. The number of pyridine rings is 1. The Hall–Kier alpha value is -3.21. The van der Waals surface area contributed by atoms with Gasteiger partial charge in [-0.2, -0.15) is 0 Å². The van der Waals surface area contributed by atoms with Gasteiger partial charge in [0.15, 0.2) is 0 Å². The van der Waals surface area contributed by atoms with Gasteiger partial charge < -0.3 is 11.1 Å². The monoisotopic (exact) mass is 334 g/mol. The van der Waals surface area contributed by atoms with Gasteiger partial charge in [0.2, 0.25) is 0 Å². The van der Waals surface area contributed by atoms with E-state index in [0.29, 0.717) is 11.1 Å². The number of rotatable bonds is 4. The first-order chi connectivity index (χ1) is 12.0. The number of nitrogen functional groups attached to an aromatic ring is 1. The van der Waals surface area contributed by atoms with Crippen LogP contribution in [0.15, 0.2) is 54.7 Å². The minimum atomic E-state index is -0.238. The highest BCUT2D eigenvalue weighted by molar-refractivity contribution is 6.02. The van der Waals surface area contributed by atoms with Crippen LogP contribution in [-0.4, -0.2) is 17.9 Å². The zero-order chi connectivity index (χ0) is 18.0. The number of anilines is 1. The van der Waals surface area contributed by atoms with Crippen LogP contribution in [0.1, 0.15) is 11.1 Å². The molecule has 0 bridgehead atoms. The molecule has 0 aliphatic carbocycles. The second-order valence-electron chi connectivity index (χ2n) is 5.79. The van der Waals surface area contributed by atoms with Crippen molar-refractivity contribution in [3.05, 3.63) is 71.7 Å². The van der Waals surface area contributed by atoms with Crippen molar-refractivity contribution in [3.63, 3.8) is 0 Å². The van der Waals surface area contributed by atoms with Gasteiger partial charge in [0.25, 0.3) is 0 Å². The van der Waals surface area contributed by atoms with E-state index in [2.05, 4.69) is 10.3 Å². The number of hydrogen-bond donors (Lipinski definition) is 3. The first kappa shape index (κ1) is 16.6. The maximum atomic E-state index is 13.6. The van der Waals surface area contributed by atoms with Gasteiger partial charge in [-0.3, -0.25) is 10.4 Å². The lowest BCUT2D eigenvalue weighted by atomic mass is 9.96. The lowest BCUT2D eigenvalue weighted by Crippen LogP contribution is -2.13. The van der Waals surface area contributed by atoms with E-state index in [1.165, 1.54) is 6.07 Å². The molecular formula is C20H19FN4. The number of hydrogen-bond acceptors (Lipinski definition) is 3. The molecule has 0 unspecified atom stereocenters. The second kappa shape index (κ2) is 6.73. The van der Waals surface area contributed by atoms with E-state index < -0.39 is 0 Å². The van der Waals surface area contributed by atoms with Crippen molar-refractivity contribution in [3.8, 4) is 22.4 Å². The molecule has 0 spiro atoms. The summed E-state index contributed by atoms with van der Waals surface area (Å²) in [5.74, 6) is -0.243. The number of nitrogens with two attached hydrogens (primary N) is 1. The summed E-state index contributed by atoms with van der Waals surface area (Å²) < 4.78 is 13.6. The molecule has 1 heterocycles. The van der Waals surface area contributed by atoms with E-state index in [4.69, 9.17) is 11.1 Å². The van der Waals surface area contributed by atoms with Crippen molar-refractivity contribution in [1.29, 1.82) is 5.41 Å². The molecule has 5 heteroatoms. The lowest BCUT2D eigenvalue weighted by Gasteiger charge is -2.13. The van der Waals surface area contributed by atoms with Crippen molar-refractivity contribution in [1.82, 2.24) is 4.98 Å². The first-order valence-corrected chi connectivity index (χ1v) is 7.89. The standard InChI is InChI=1S/C20H19FN4/c1-12-10-14(5-7-17(12)21)19-15(4-3-9-25-19)13-6-8-18(24-2)16(11-13)20(22)23/h3-11,24H,1-2H3,(H3,22,23). The summed E-state index contributed by atoms with van der Waals surface area (Å²) in [5.41, 5.74) is 11.1. The van der Waals surface area contributed by atoms with Gasteiger partial charge in [-0.1, -0.05) is 12.1 Å². The van der Waals surface area contributed by atoms with E-state index >= 15 is 0 Å². The topological polar surface area (TPSA) is 74.8 Å². The van der Waals surface area contributed by atoms with E-state index in [1.54, 1.807) is 32.3 Å². The molecule has 2 aromatic carbocycles. The Bertz CT molecular complexity index is 950. The Kier molecular flexibility index (Phi) is 4.48. The average Bonchev–Trinajstić information content (AvgIpc) is 2.63. The Balaban J connectivity index is 2.17. The third kappa shape index (κ3) is 3.21. The van der Waals surface area contributed by atoms with Crippen molar-refractivity contribution in [2.75, 3.05) is 12.4 Å². The summed E-state index contributed by atoms with van der Waals surface area (Å²) in [6.07, 6.45) is 1.71. The van der Waals surface area contributed by atoms with Crippen LogP contribution in [0.5, 0.6) is 0 Å². The molecule has 0 atom stereocenters. The Morgan fingerprint density at radius 2 is 1.88 bits per heavy atom. The summed E-state index contributed by atoms with van der Waals surface area (Å²) in [7, 11) is 1.79. The smallest absolute Gasteiger partial charge is 0.126 e. The maximum absolute atomic E-state index is 13.6. The highest BCUT2D eigenvalue weighted by Crippen LogP contribution is 2.32. The molecule has 0 saturated heterocycles. The minimum absolute atomic E-state index is 0.00531. The van der Waals surface area contributed by atoms with E-state index in [-0.39, 0.29) is 11.7 Å². The van der Waals surface area contributed by atoms with Crippen molar-refractivity contribution in [2.45, 2.75) is 6.92 Å². The number of aromatic nitrogens is 1. The Labute approximate surface area is 146 Å². The predicted octanol–water partition coefficient (Wildman–Crippen LogP) is 4.19. The van der Waals surface area contributed by atoms with Crippen LogP contribution in [0.25, 0.3) is 22.4 Å². The summed E-state index contributed by atoms with van der Waals surface area (Å²) in [4.78, 5) is 4.49. The summed E-state index contributed by atoms with van der Waals surface area (Å²) in [5, 5.41) is 10.8. The highest BCUT2D eigenvalue weighted by Gasteiger charge is 2.13. The van der Waals surface area contributed by atoms with Gasteiger partial charge in [-0.25, -0.2) is 4.39 Å². The van der Waals surface area contributed by atoms with Gasteiger partial charge in [0.1, 0.15) is 11.7 Å². The van der Waals surface area contributed by atoms with Crippen LogP contribution in [0.4, 0.5) is 10.1 Å². The van der Waals surface area contributed by atoms with Crippen LogP contribution in [0.2, 0.25) is 0 Å².